The van der Waals surface area contributed by atoms with Gasteiger partial charge in [0, 0.05) is 6.20 Å². The van der Waals surface area contributed by atoms with Crippen LogP contribution in [-0.2, 0) is 6.42 Å². The predicted molar refractivity (Wildman–Crippen MR) is 75.3 cm³/mol. The molecule has 4 heteroatoms. The minimum absolute atomic E-state index is 0.778. The lowest BCUT2D eigenvalue weighted by Gasteiger charge is -2.01. The zero-order chi connectivity index (χ0) is 12.4. The average molecular weight is 296 g/mol. The maximum Gasteiger partial charge on any atom is 0.153 e. The van der Waals surface area contributed by atoms with Gasteiger partial charge in [0.1, 0.15) is 5.82 Å². The molecular weight excluding hydrogens is 278 g/mol. The van der Waals surface area contributed by atoms with E-state index in [2.05, 4.69) is 40.8 Å². The molecule has 0 aromatic carbocycles. The van der Waals surface area contributed by atoms with Crippen LogP contribution in [0.5, 0.6) is 0 Å². The SMILES string of the molecule is CCCCCc1nc2c(Br)cc(C)cn2c1N. The van der Waals surface area contributed by atoms with Crippen molar-refractivity contribution in [1.29, 1.82) is 0 Å². The molecule has 0 spiro atoms. The van der Waals surface area contributed by atoms with Crippen molar-refractivity contribution in [3.05, 3.63) is 28.0 Å². The highest BCUT2D eigenvalue weighted by Crippen LogP contribution is 2.24. The third kappa shape index (κ3) is 2.46. The summed E-state index contributed by atoms with van der Waals surface area (Å²) in [5, 5.41) is 0. The van der Waals surface area contributed by atoms with Gasteiger partial charge < -0.3 is 5.73 Å². The van der Waals surface area contributed by atoms with Gasteiger partial charge in [-0.15, -0.1) is 0 Å². The molecule has 0 fully saturated rings. The molecule has 2 aromatic rings. The first-order valence-corrected chi connectivity index (χ1v) is 6.85. The van der Waals surface area contributed by atoms with E-state index < -0.39 is 0 Å². The van der Waals surface area contributed by atoms with Gasteiger partial charge >= 0.3 is 0 Å². The molecule has 2 aromatic heterocycles. The number of unbranched alkanes of at least 4 members (excludes halogenated alkanes) is 2. The normalized spacial score (nSPS) is 11.2. The number of aryl methyl sites for hydroxylation is 2. The van der Waals surface area contributed by atoms with Crippen molar-refractivity contribution in [1.82, 2.24) is 9.38 Å². The van der Waals surface area contributed by atoms with E-state index in [1.54, 1.807) is 0 Å². The number of anilines is 1. The van der Waals surface area contributed by atoms with Gasteiger partial charge in [-0.25, -0.2) is 4.98 Å². The van der Waals surface area contributed by atoms with Crippen molar-refractivity contribution in [2.75, 3.05) is 5.73 Å². The number of nitrogens with zero attached hydrogens (tertiary/aromatic N) is 2. The lowest BCUT2D eigenvalue weighted by molar-refractivity contribution is 0.711. The third-order valence-electron chi connectivity index (χ3n) is 2.94. The highest BCUT2D eigenvalue weighted by atomic mass is 79.9. The molecule has 0 unspecified atom stereocenters. The van der Waals surface area contributed by atoms with E-state index in [1.165, 1.54) is 18.4 Å². The number of imidazole rings is 1. The molecule has 2 N–H and O–H groups in total. The Morgan fingerprint density at radius 3 is 2.88 bits per heavy atom. The van der Waals surface area contributed by atoms with Crippen molar-refractivity contribution in [3.8, 4) is 0 Å². The van der Waals surface area contributed by atoms with E-state index in [-0.39, 0.29) is 0 Å². The number of pyridine rings is 1. The van der Waals surface area contributed by atoms with E-state index in [9.17, 15) is 0 Å². The van der Waals surface area contributed by atoms with Crippen LogP contribution in [0.2, 0.25) is 0 Å². The minimum Gasteiger partial charge on any atom is -0.383 e. The van der Waals surface area contributed by atoms with E-state index >= 15 is 0 Å². The van der Waals surface area contributed by atoms with Crippen molar-refractivity contribution in [2.45, 2.75) is 39.5 Å². The molecule has 3 nitrogen and oxygen atoms in total. The summed E-state index contributed by atoms with van der Waals surface area (Å²) in [6.07, 6.45) is 6.60. The molecule has 2 rings (SSSR count). The molecule has 0 saturated carbocycles. The number of hydrogen-bond acceptors (Lipinski definition) is 2. The second kappa shape index (κ2) is 5.08. The summed E-state index contributed by atoms with van der Waals surface area (Å²) in [7, 11) is 0. The van der Waals surface area contributed by atoms with Crippen molar-refractivity contribution < 1.29 is 0 Å². The maximum atomic E-state index is 6.14. The Morgan fingerprint density at radius 1 is 1.41 bits per heavy atom. The Balaban J connectivity index is 2.39. The molecular formula is C13H18BrN3. The van der Waals surface area contributed by atoms with Gasteiger partial charge in [-0.05, 0) is 47.3 Å². The van der Waals surface area contributed by atoms with E-state index in [0.717, 1.165) is 34.5 Å². The van der Waals surface area contributed by atoms with Gasteiger partial charge in [-0.1, -0.05) is 19.8 Å². The minimum atomic E-state index is 0.778. The van der Waals surface area contributed by atoms with Crippen LogP contribution in [0.3, 0.4) is 0 Å². The molecule has 17 heavy (non-hydrogen) atoms. The highest BCUT2D eigenvalue weighted by molar-refractivity contribution is 9.10. The smallest absolute Gasteiger partial charge is 0.153 e. The van der Waals surface area contributed by atoms with Crippen LogP contribution in [-0.4, -0.2) is 9.38 Å². The molecule has 0 radical (unpaired) electrons. The Kier molecular flexibility index (Phi) is 3.72. The molecule has 2 heterocycles. The first kappa shape index (κ1) is 12.4. The number of aromatic nitrogens is 2. The molecule has 0 aliphatic heterocycles. The predicted octanol–water partition coefficient (Wildman–Crippen LogP) is 3.72. The zero-order valence-electron chi connectivity index (χ0n) is 10.3. The standard InChI is InChI=1S/C13H18BrN3/c1-3-4-5-6-11-12(15)17-8-9(2)7-10(14)13(17)16-11/h7-8H,3-6,15H2,1-2H3. The number of hydrogen-bond donors (Lipinski definition) is 1. The molecule has 0 aliphatic rings. The van der Waals surface area contributed by atoms with Crippen LogP contribution in [0.25, 0.3) is 5.65 Å². The van der Waals surface area contributed by atoms with Crippen LogP contribution in [0, 0.1) is 6.92 Å². The molecule has 0 amide bonds. The lowest BCUT2D eigenvalue weighted by atomic mass is 10.1. The van der Waals surface area contributed by atoms with Gasteiger partial charge in [0.2, 0.25) is 0 Å². The van der Waals surface area contributed by atoms with Gasteiger partial charge in [0.05, 0.1) is 10.2 Å². The van der Waals surface area contributed by atoms with Crippen LogP contribution in [0.15, 0.2) is 16.7 Å². The van der Waals surface area contributed by atoms with Gasteiger partial charge in [0.25, 0.3) is 0 Å². The fourth-order valence-electron chi connectivity index (χ4n) is 2.02. The second-order valence-corrected chi connectivity index (χ2v) is 5.31. The fourth-order valence-corrected chi connectivity index (χ4v) is 2.66. The lowest BCUT2D eigenvalue weighted by Crippen LogP contribution is -1.97. The van der Waals surface area contributed by atoms with E-state index in [1.807, 2.05) is 10.6 Å². The number of fused-ring (bicyclic) bond motifs is 1. The Labute approximate surface area is 110 Å². The molecule has 0 aliphatic carbocycles. The Hall–Kier alpha value is -1.03. The average Bonchev–Trinajstić information content (AvgIpc) is 2.58. The van der Waals surface area contributed by atoms with Gasteiger partial charge in [-0.2, -0.15) is 0 Å². The number of nitrogen functional groups attached to an aromatic ring is 1. The second-order valence-electron chi connectivity index (χ2n) is 4.46. The molecule has 0 atom stereocenters. The van der Waals surface area contributed by atoms with Crippen molar-refractivity contribution in [2.24, 2.45) is 0 Å². The summed E-state index contributed by atoms with van der Waals surface area (Å²) < 4.78 is 2.98. The molecule has 0 saturated heterocycles. The largest absolute Gasteiger partial charge is 0.383 e. The van der Waals surface area contributed by atoms with Crippen LogP contribution < -0.4 is 5.73 Å². The van der Waals surface area contributed by atoms with Gasteiger partial charge in [-0.3, -0.25) is 4.40 Å². The van der Waals surface area contributed by atoms with Crippen molar-refractivity contribution in [3.63, 3.8) is 0 Å². The third-order valence-corrected chi connectivity index (χ3v) is 3.53. The first-order valence-electron chi connectivity index (χ1n) is 6.06. The topological polar surface area (TPSA) is 43.3 Å². The molecule has 92 valence electrons. The quantitative estimate of drug-likeness (QED) is 0.874. The van der Waals surface area contributed by atoms with Crippen LogP contribution in [0.4, 0.5) is 5.82 Å². The van der Waals surface area contributed by atoms with E-state index in [4.69, 9.17) is 5.73 Å². The number of nitrogens with two attached hydrogens (primary N) is 1. The fraction of sp³-hybridized carbons (Fsp3) is 0.462. The van der Waals surface area contributed by atoms with E-state index in [0.29, 0.717) is 0 Å². The number of rotatable bonds is 4. The van der Waals surface area contributed by atoms with Crippen LogP contribution >= 0.6 is 15.9 Å². The summed E-state index contributed by atoms with van der Waals surface area (Å²) in [5.41, 5.74) is 9.25. The maximum absolute atomic E-state index is 6.14. The number of halogens is 1. The molecule has 0 bridgehead atoms. The van der Waals surface area contributed by atoms with Gasteiger partial charge in [0.15, 0.2) is 5.65 Å². The summed E-state index contributed by atoms with van der Waals surface area (Å²) >= 11 is 3.54. The first-order chi connectivity index (χ1) is 8.13. The summed E-state index contributed by atoms with van der Waals surface area (Å²) in [6, 6.07) is 2.07. The Bertz CT molecular complexity index is 531. The monoisotopic (exact) mass is 295 g/mol. The summed E-state index contributed by atoms with van der Waals surface area (Å²) in [4.78, 5) is 4.62. The highest BCUT2D eigenvalue weighted by Gasteiger charge is 2.11. The Morgan fingerprint density at radius 2 is 2.18 bits per heavy atom. The zero-order valence-corrected chi connectivity index (χ0v) is 11.9. The van der Waals surface area contributed by atoms with Crippen molar-refractivity contribution >= 4 is 27.4 Å². The summed E-state index contributed by atoms with van der Waals surface area (Å²) in [6.45, 7) is 4.26. The summed E-state index contributed by atoms with van der Waals surface area (Å²) in [5.74, 6) is 0.778. The van der Waals surface area contributed by atoms with Crippen LogP contribution in [0.1, 0.15) is 37.4 Å².